The number of aryl methyl sites for hydroxylation is 1. The SMILES string of the molecule is Cc1cc(-c2cnc3c(n2)C=CC3)ccn1. The number of pyridine rings is 1. The number of hydrogen-bond acceptors (Lipinski definition) is 3. The van der Waals surface area contributed by atoms with Crippen LogP contribution in [0.1, 0.15) is 17.1 Å². The monoisotopic (exact) mass is 209 g/mol. The Morgan fingerprint density at radius 3 is 3.06 bits per heavy atom. The van der Waals surface area contributed by atoms with Gasteiger partial charge in [-0.05, 0) is 25.1 Å². The van der Waals surface area contributed by atoms with Crippen LogP contribution in [0.15, 0.2) is 30.6 Å². The first-order chi connectivity index (χ1) is 7.83. The molecule has 0 amide bonds. The third kappa shape index (κ3) is 1.50. The average Bonchev–Trinajstić information content (AvgIpc) is 2.75. The zero-order valence-corrected chi connectivity index (χ0v) is 9.01. The molecule has 2 aromatic rings. The molecule has 3 nitrogen and oxygen atoms in total. The second kappa shape index (κ2) is 3.52. The molecule has 0 unspecified atom stereocenters. The molecule has 0 aliphatic heterocycles. The molecule has 0 atom stereocenters. The molecular formula is C13H11N3. The van der Waals surface area contributed by atoms with Crippen molar-refractivity contribution in [1.82, 2.24) is 15.0 Å². The van der Waals surface area contributed by atoms with E-state index in [0.29, 0.717) is 0 Å². The molecule has 16 heavy (non-hydrogen) atoms. The van der Waals surface area contributed by atoms with Crippen LogP contribution in [0.5, 0.6) is 0 Å². The number of hydrogen-bond donors (Lipinski definition) is 0. The molecule has 1 aliphatic rings. The zero-order chi connectivity index (χ0) is 11.0. The van der Waals surface area contributed by atoms with E-state index >= 15 is 0 Å². The molecule has 3 heteroatoms. The highest BCUT2D eigenvalue weighted by molar-refractivity contribution is 5.62. The third-order valence-electron chi connectivity index (χ3n) is 2.66. The summed E-state index contributed by atoms with van der Waals surface area (Å²) < 4.78 is 0. The van der Waals surface area contributed by atoms with E-state index in [1.807, 2.05) is 31.3 Å². The van der Waals surface area contributed by atoms with E-state index in [1.54, 1.807) is 6.20 Å². The maximum Gasteiger partial charge on any atom is 0.0893 e. The molecule has 0 bridgehead atoms. The number of rotatable bonds is 1. The minimum Gasteiger partial charge on any atom is -0.262 e. The number of fused-ring (bicyclic) bond motifs is 1. The first kappa shape index (κ1) is 9.21. The van der Waals surface area contributed by atoms with Crippen molar-refractivity contribution in [3.05, 3.63) is 47.7 Å². The fraction of sp³-hybridized carbons (Fsp3) is 0.154. The highest BCUT2D eigenvalue weighted by atomic mass is 14.8. The third-order valence-corrected chi connectivity index (χ3v) is 2.66. The van der Waals surface area contributed by atoms with Gasteiger partial charge in [-0.2, -0.15) is 0 Å². The van der Waals surface area contributed by atoms with E-state index in [0.717, 1.165) is 34.8 Å². The van der Waals surface area contributed by atoms with E-state index in [2.05, 4.69) is 21.0 Å². The number of nitrogens with zero attached hydrogens (tertiary/aromatic N) is 3. The van der Waals surface area contributed by atoms with Gasteiger partial charge in [-0.3, -0.25) is 9.97 Å². The van der Waals surface area contributed by atoms with E-state index in [1.165, 1.54) is 0 Å². The maximum atomic E-state index is 4.59. The van der Waals surface area contributed by atoms with Crippen molar-refractivity contribution < 1.29 is 0 Å². The van der Waals surface area contributed by atoms with Crippen LogP contribution in [-0.4, -0.2) is 15.0 Å². The Labute approximate surface area is 93.9 Å². The normalized spacial score (nSPS) is 12.8. The molecule has 0 spiro atoms. The van der Waals surface area contributed by atoms with E-state index in [-0.39, 0.29) is 0 Å². The fourth-order valence-electron chi connectivity index (χ4n) is 1.85. The van der Waals surface area contributed by atoms with Gasteiger partial charge in [0.05, 0.1) is 23.3 Å². The fourth-order valence-corrected chi connectivity index (χ4v) is 1.85. The Kier molecular flexibility index (Phi) is 2.03. The highest BCUT2D eigenvalue weighted by Crippen LogP contribution is 2.21. The van der Waals surface area contributed by atoms with Crippen LogP contribution in [0, 0.1) is 6.92 Å². The van der Waals surface area contributed by atoms with Gasteiger partial charge in [-0.25, -0.2) is 4.98 Å². The molecule has 0 radical (unpaired) electrons. The van der Waals surface area contributed by atoms with Gasteiger partial charge in [0.1, 0.15) is 0 Å². The van der Waals surface area contributed by atoms with Gasteiger partial charge in [0.2, 0.25) is 0 Å². The summed E-state index contributed by atoms with van der Waals surface area (Å²) in [6.07, 6.45) is 8.65. The van der Waals surface area contributed by atoms with E-state index < -0.39 is 0 Å². The largest absolute Gasteiger partial charge is 0.262 e. The van der Waals surface area contributed by atoms with Crippen LogP contribution in [0.25, 0.3) is 17.3 Å². The maximum absolute atomic E-state index is 4.59. The second-order valence-electron chi connectivity index (χ2n) is 3.88. The summed E-state index contributed by atoms with van der Waals surface area (Å²) in [5.74, 6) is 0. The minimum absolute atomic E-state index is 0.901. The van der Waals surface area contributed by atoms with Gasteiger partial charge in [0, 0.05) is 23.9 Å². The Balaban J connectivity index is 2.10. The standard InChI is InChI=1S/C13H11N3/c1-9-7-10(5-6-14-9)13-8-15-11-3-2-4-12(11)16-13/h2,4-8H,3H2,1H3. The van der Waals surface area contributed by atoms with Crippen molar-refractivity contribution in [1.29, 1.82) is 0 Å². The molecule has 78 valence electrons. The molecule has 2 heterocycles. The summed E-state index contributed by atoms with van der Waals surface area (Å²) in [4.78, 5) is 13.2. The van der Waals surface area contributed by atoms with Crippen LogP contribution in [0.2, 0.25) is 0 Å². The van der Waals surface area contributed by atoms with Crippen molar-refractivity contribution in [2.45, 2.75) is 13.3 Å². The van der Waals surface area contributed by atoms with Gasteiger partial charge in [-0.1, -0.05) is 6.08 Å². The Hall–Kier alpha value is -2.03. The molecule has 1 aliphatic carbocycles. The lowest BCUT2D eigenvalue weighted by Gasteiger charge is -2.03. The highest BCUT2D eigenvalue weighted by Gasteiger charge is 2.09. The summed E-state index contributed by atoms with van der Waals surface area (Å²) in [7, 11) is 0. The second-order valence-corrected chi connectivity index (χ2v) is 3.88. The average molecular weight is 209 g/mol. The predicted molar refractivity (Wildman–Crippen MR) is 62.7 cm³/mol. The molecule has 0 saturated heterocycles. The molecule has 0 saturated carbocycles. The van der Waals surface area contributed by atoms with Gasteiger partial charge in [-0.15, -0.1) is 0 Å². The molecule has 0 N–H and O–H groups in total. The van der Waals surface area contributed by atoms with Gasteiger partial charge < -0.3 is 0 Å². The molecular weight excluding hydrogens is 198 g/mol. The molecule has 2 aromatic heterocycles. The van der Waals surface area contributed by atoms with Crippen molar-refractivity contribution in [3.63, 3.8) is 0 Å². The number of aromatic nitrogens is 3. The Morgan fingerprint density at radius 2 is 2.19 bits per heavy atom. The Bertz CT molecular complexity index is 573. The van der Waals surface area contributed by atoms with E-state index in [9.17, 15) is 0 Å². The first-order valence-corrected chi connectivity index (χ1v) is 5.28. The predicted octanol–water partition coefficient (Wildman–Crippen LogP) is 2.42. The van der Waals surface area contributed by atoms with E-state index in [4.69, 9.17) is 0 Å². The van der Waals surface area contributed by atoms with Crippen LogP contribution < -0.4 is 0 Å². The van der Waals surface area contributed by atoms with Crippen LogP contribution >= 0.6 is 0 Å². The lowest BCUT2D eigenvalue weighted by Crippen LogP contribution is -1.94. The minimum atomic E-state index is 0.901. The quantitative estimate of drug-likeness (QED) is 0.724. The molecule has 3 rings (SSSR count). The van der Waals surface area contributed by atoms with Gasteiger partial charge >= 0.3 is 0 Å². The first-order valence-electron chi connectivity index (χ1n) is 5.28. The lowest BCUT2D eigenvalue weighted by atomic mass is 10.1. The van der Waals surface area contributed by atoms with Crippen molar-refractivity contribution in [2.75, 3.05) is 0 Å². The summed E-state index contributed by atoms with van der Waals surface area (Å²) >= 11 is 0. The van der Waals surface area contributed by atoms with Gasteiger partial charge in [0.15, 0.2) is 0 Å². The molecule has 0 aromatic carbocycles. The van der Waals surface area contributed by atoms with Crippen LogP contribution in [-0.2, 0) is 6.42 Å². The summed E-state index contributed by atoms with van der Waals surface area (Å²) in [6, 6.07) is 3.98. The van der Waals surface area contributed by atoms with Crippen molar-refractivity contribution >= 4 is 6.08 Å². The van der Waals surface area contributed by atoms with Crippen molar-refractivity contribution in [2.24, 2.45) is 0 Å². The summed E-state index contributed by atoms with van der Waals surface area (Å²) in [5, 5.41) is 0. The topological polar surface area (TPSA) is 38.7 Å². The van der Waals surface area contributed by atoms with Crippen molar-refractivity contribution in [3.8, 4) is 11.3 Å². The smallest absolute Gasteiger partial charge is 0.0893 e. The van der Waals surface area contributed by atoms with Gasteiger partial charge in [0.25, 0.3) is 0 Å². The van der Waals surface area contributed by atoms with Crippen LogP contribution in [0.3, 0.4) is 0 Å². The van der Waals surface area contributed by atoms with Crippen LogP contribution in [0.4, 0.5) is 0 Å². The zero-order valence-electron chi connectivity index (χ0n) is 9.01. The summed E-state index contributed by atoms with van der Waals surface area (Å²) in [5.41, 5.74) is 5.04. The molecule has 0 fully saturated rings. The summed E-state index contributed by atoms with van der Waals surface area (Å²) in [6.45, 7) is 1.98. The Morgan fingerprint density at radius 1 is 1.25 bits per heavy atom. The number of allylic oxidation sites excluding steroid dienone is 1. The lowest BCUT2D eigenvalue weighted by molar-refractivity contribution is 1.07.